The van der Waals surface area contributed by atoms with Crippen molar-refractivity contribution in [3.8, 4) is 11.5 Å². The maximum atomic E-state index is 12.0. The Bertz CT molecular complexity index is 559. The third kappa shape index (κ3) is 3.78. The number of methoxy groups -OCH3 is 2. The zero-order chi connectivity index (χ0) is 14.4. The molecule has 0 fully saturated rings. The molecule has 0 heterocycles. The largest absolute Gasteiger partial charge is 0.497 e. The maximum Gasteiger partial charge on any atom is 0.173 e. The van der Waals surface area contributed by atoms with Gasteiger partial charge in [-0.3, -0.25) is 4.79 Å². The third-order valence-electron chi connectivity index (χ3n) is 2.79. The van der Waals surface area contributed by atoms with E-state index >= 15 is 0 Å². The Hall–Kier alpha value is -1.94. The van der Waals surface area contributed by atoms with E-state index in [1.807, 2.05) is 48.5 Å². The first-order valence-electron chi connectivity index (χ1n) is 6.17. The lowest BCUT2D eigenvalue weighted by molar-refractivity contribution is 0.102. The zero-order valence-corrected chi connectivity index (χ0v) is 12.3. The van der Waals surface area contributed by atoms with Gasteiger partial charge in [-0.05, 0) is 12.1 Å². The second-order valence-corrected chi connectivity index (χ2v) is 5.17. The molecule has 0 atom stereocenters. The van der Waals surface area contributed by atoms with Crippen molar-refractivity contribution in [2.75, 3.05) is 20.0 Å². The molecule has 0 saturated heterocycles. The average Bonchev–Trinajstić information content (AvgIpc) is 2.53. The van der Waals surface area contributed by atoms with E-state index < -0.39 is 0 Å². The predicted octanol–water partition coefficient (Wildman–Crippen LogP) is 3.68. The van der Waals surface area contributed by atoms with Crippen molar-refractivity contribution in [3.63, 3.8) is 0 Å². The van der Waals surface area contributed by atoms with Gasteiger partial charge in [0.1, 0.15) is 11.5 Å². The van der Waals surface area contributed by atoms with E-state index in [0.29, 0.717) is 5.75 Å². The van der Waals surface area contributed by atoms with Crippen LogP contribution in [0.3, 0.4) is 0 Å². The van der Waals surface area contributed by atoms with Crippen molar-refractivity contribution >= 4 is 17.5 Å². The van der Waals surface area contributed by atoms with Gasteiger partial charge in [-0.25, -0.2) is 0 Å². The monoisotopic (exact) mass is 288 g/mol. The van der Waals surface area contributed by atoms with Gasteiger partial charge in [-0.15, -0.1) is 11.8 Å². The summed E-state index contributed by atoms with van der Waals surface area (Å²) >= 11 is 1.47. The van der Waals surface area contributed by atoms with Gasteiger partial charge in [0, 0.05) is 16.5 Å². The number of benzene rings is 2. The second kappa shape index (κ2) is 7.01. The van der Waals surface area contributed by atoms with Crippen LogP contribution in [-0.2, 0) is 0 Å². The number of rotatable bonds is 6. The van der Waals surface area contributed by atoms with Gasteiger partial charge in [-0.2, -0.15) is 0 Å². The Morgan fingerprint density at radius 2 is 1.60 bits per heavy atom. The molecular formula is C16H16O3S. The minimum atomic E-state index is 0.109. The second-order valence-electron chi connectivity index (χ2n) is 4.13. The number of hydrogen-bond acceptors (Lipinski definition) is 4. The van der Waals surface area contributed by atoms with E-state index in [1.54, 1.807) is 14.2 Å². The number of carbonyl (C=O) groups is 1. The van der Waals surface area contributed by atoms with E-state index in [0.717, 1.165) is 22.0 Å². The summed E-state index contributed by atoms with van der Waals surface area (Å²) in [7, 11) is 3.22. The molecule has 0 unspecified atom stereocenters. The Kier molecular flexibility index (Phi) is 5.07. The summed E-state index contributed by atoms with van der Waals surface area (Å²) in [6.45, 7) is 0. The Balaban J connectivity index is 2.05. The van der Waals surface area contributed by atoms with Crippen molar-refractivity contribution in [1.82, 2.24) is 0 Å². The normalized spacial score (nSPS) is 10.1. The van der Waals surface area contributed by atoms with Gasteiger partial charge in [-0.1, -0.05) is 30.3 Å². The number of thioether (sulfide) groups is 1. The predicted molar refractivity (Wildman–Crippen MR) is 81.0 cm³/mol. The van der Waals surface area contributed by atoms with E-state index in [4.69, 9.17) is 9.47 Å². The highest BCUT2D eigenvalue weighted by Gasteiger charge is 2.08. The summed E-state index contributed by atoms with van der Waals surface area (Å²) in [5.41, 5.74) is 0.731. The SMILES string of the molecule is COc1cc(OC)cc(SCC(=O)c2ccccc2)c1. The Labute approximate surface area is 122 Å². The first-order valence-corrected chi connectivity index (χ1v) is 7.15. The lowest BCUT2D eigenvalue weighted by Gasteiger charge is -2.08. The number of hydrogen-bond donors (Lipinski definition) is 0. The quantitative estimate of drug-likeness (QED) is 0.600. The number of ketones is 1. The minimum Gasteiger partial charge on any atom is -0.497 e. The topological polar surface area (TPSA) is 35.5 Å². The van der Waals surface area contributed by atoms with Crippen LogP contribution in [0.2, 0.25) is 0 Å². The number of carbonyl (C=O) groups excluding carboxylic acids is 1. The fourth-order valence-corrected chi connectivity index (χ4v) is 2.58. The average molecular weight is 288 g/mol. The molecule has 0 saturated carbocycles. The molecule has 0 aliphatic rings. The highest BCUT2D eigenvalue weighted by Crippen LogP contribution is 2.29. The maximum absolute atomic E-state index is 12.0. The molecule has 4 heteroatoms. The van der Waals surface area contributed by atoms with Crippen LogP contribution in [0.25, 0.3) is 0 Å². The molecular weight excluding hydrogens is 272 g/mol. The minimum absolute atomic E-state index is 0.109. The molecule has 104 valence electrons. The third-order valence-corrected chi connectivity index (χ3v) is 3.77. The summed E-state index contributed by atoms with van der Waals surface area (Å²) in [5, 5.41) is 0. The van der Waals surface area contributed by atoms with E-state index in [2.05, 4.69) is 0 Å². The van der Waals surface area contributed by atoms with Crippen LogP contribution in [0.1, 0.15) is 10.4 Å². The fraction of sp³-hybridized carbons (Fsp3) is 0.188. The van der Waals surface area contributed by atoms with Crippen LogP contribution in [0.4, 0.5) is 0 Å². The molecule has 0 spiro atoms. The summed E-state index contributed by atoms with van der Waals surface area (Å²) in [5.74, 6) is 1.94. The summed E-state index contributed by atoms with van der Waals surface area (Å²) in [4.78, 5) is 13.0. The lowest BCUT2D eigenvalue weighted by atomic mass is 10.2. The first-order chi connectivity index (χ1) is 9.72. The van der Waals surface area contributed by atoms with Gasteiger partial charge >= 0.3 is 0 Å². The van der Waals surface area contributed by atoms with Gasteiger partial charge in [0.2, 0.25) is 0 Å². The molecule has 2 aromatic carbocycles. The van der Waals surface area contributed by atoms with E-state index in [-0.39, 0.29) is 5.78 Å². The summed E-state index contributed by atoms with van der Waals surface area (Å²) in [6.07, 6.45) is 0. The van der Waals surface area contributed by atoms with Crippen molar-refractivity contribution in [2.24, 2.45) is 0 Å². The molecule has 0 N–H and O–H groups in total. The molecule has 20 heavy (non-hydrogen) atoms. The lowest BCUT2D eigenvalue weighted by Crippen LogP contribution is -2.01. The van der Waals surface area contributed by atoms with Crippen LogP contribution < -0.4 is 9.47 Å². The van der Waals surface area contributed by atoms with Crippen molar-refractivity contribution < 1.29 is 14.3 Å². The molecule has 0 aliphatic heterocycles. The first kappa shape index (κ1) is 14.5. The highest BCUT2D eigenvalue weighted by atomic mass is 32.2. The molecule has 0 aromatic heterocycles. The van der Waals surface area contributed by atoms with Crippen LogP contribution in [0.15, 0.2) is 53.4 Å². The van der Waals surface area contributed by atoms with Crippen molar-refractivity contribution in [1.29, 1.82) is 0 Å². The summed E-state index contributed by atoms with van der Waals surface area (Å²) < 4.78 is 10.4. The standard InChI is InChI=1S/C16H16O3S/c1-18-13-8-14(19-2)10-15(9-13)20-11-16(17)12-6-4-3-5-7-12/h3-10H,11H2,1-2H3. The zero-order valence-electron chi connectivity index (χ0n) is 11.5. The molecule has 0 aliphatic carbocycles. The molecule has 2 aromatic rings. The molecule has 0 radical (unpaired) electrons. The summed E-state index contributed by atoms with van der Waals surface area (Å²) in [6, 6.07) is 14.9. The van der Waals surface area contributed by atoms with Crippen LogP contribution in [0.5, 0.6) is 11.5 Å². The molecule has 3 nitrogen and oxygen atoms in total. The molecule has 0 bridgehead atoms. The number of Topliss-reactive ketones (excluding diaryl/α,β-unsaturated/α-hetero) is 1. The highest BCUT2D eigenvalue weighted by molar-refractivity contribution is 8.00. The van der Waals surface area contributed by atoms with E-state index in [9.17, 15) is 4.79 Å². The van der Waals surface area contributed by atoms with Crippen LogP contribution in [0, 0.1) is 0 Å². The molecule has 0 amide bonds. The number of ether oxygens (including phenoxy) is 2. The Morgan fingerprint density at radius 1 is 1.00 bits per heavy atom. The van der Waals surface area contributed by atoms with E-state index in [1.165, 1.54) is 11.8 Å². The Morgan fingerprint density at radius 3 is 2.15 bits per heavy atom. The smallest absolute Gasteiger partial charge is 0.173 e. The van der Waals surface area contributed by atoms with Crippen LogP contribution in [-0.4, -0.2) is 25.8 Å². The molecule has 2 rings (SSSR count). The van der Waals surface area contributed by atoms with Gasteiger partial charge < -0.3 is 9.47 Å². The van der Waals surface area contributed by atoms with Gasteiger partial charge in [0.05, 0.1) is 20.0 Å². The van der Waals surface area contributed by atoms with Crippen LogP contribution >= 0.6 is 11.8 Å². The van der Waals surface area contributed by atoms with Crippen molar-refractivity contribution in [3.05, 3.63) is 54.1 Å². The van der Waals surface area contributed by atoms with Gasteiger partial charge in [0.25, 0.3) is 0 Å². The van der Waals surface area contributed by atoms with Crippen molar-refractivity contribution in [2.45, 2.75) is 4.90 Å². The van der Waals surface area contributed by atoms with Gasteiger partial charge in [0.15, 0.2) is 5.78 Å². The fourth-order valence-electron chi connectivity index (χ4n) is 1.72.